The lowest BCUT2D eigenvalue weighted by Gasteiger charge is -2.09. The molecule has 20 heavy (non-hydrogen) atoms. The van der Waals surface area contributed by atoms with Crippen molar-refractivity contribution < 1.29 is 9.72 Å². The summed E-state index contributed by atoms with van der Waals surface area (Å²) in [4.78, 5) is 21.8. The Morgan fingerprint density at radius 2 is 2.15 bits per heavy atom. The van der Waals surface area contributed by atoms with E-state index in [1.54, 1.807) is 12.1 Å². The lowest BCUT2D eigenvalue weighted by molar-refractivity contribution is -0.385. The zero-order valence-electron chi connectivity index (χ0n) is 11.5. The molecular formula is C13H18BrN3O3. The number of carbonyl (C=O) groups is 1. The molecule has 2 N–H and O–H groups in total. The standard InChI is InChI=1S/C13H18BrN3O3/c1-9(2)16-12(18)6-7-15-8-10-4-3-5-11(13(10)14)17(19)20/h3-5,9,15H,6-8H2,1-2H3,(H,16,18). The molecule has 6 nitrogen and oxygen atoms in total. The fourth-order valence-electron chi connectivity index (χ4n) is 1.66. The molecule has 1 rings (SSSR count). The number of carbonyl (C=O) groups excluding carboxylic acids is 1. The summed E-state index contributed by atoms with van der Waals surface area (Å²) in [6.45, 7) is 4.81. The van der Waals surface area contributed by atoms with Gasteiger partial charge in [0, 0.05) is 31.6 Å². The van der Waals surface area contributed by atoms with Gasteiger partial charge in [0.05, 0.1) is 9.40 Å². The average molecular weight is 344 g/mol. The van der Waals surface area contributed by atoms with E-state index < -0.39 is 4.92 Å². The van der Waals surface area contributed by atoms with Crippen molar-refractivity contribution in [3.05, 3.63) is 38.3 Å². The third-order valence-electron chi connectivity index (χ3n) is 2.55. The monoisotopic (exact) mass is 343 g/mol. The smallest absolute Gasteiger partial charge is 0.283 e. The Balaban J connectivity index is 2.45. The zero-order valence-corrected chi connectivity index (χ0v) is 13.1. The van der Waals surface area contributed by atoms with Crippen molar-refractivity contribution >= 4 is 27.5 Å². The number of hydrogen-bond acceptors (Lipinski definition) is 4. The maximum Gasteiger partial charge on any atom is 0.283 e. The minimum atomic E-state index is -0.427. The van der Waals surface area contributed by atoms with E-state index in [1.807, 2.05) is 13.8 Å². The lowest BCUT2D eigenvalue weighted by atomic mass is 10.2. The van der Waals surface area contributed by atoms with Crippen molar-refractivity contribution in [1.29, 1.82) is 0 Å². The van der Waals surface area contributed by atoms with Crippen molar-refractivity contribution in [2.45, 2.75) is 32.9 Å². The van der Waals surface area contributed by atoms with Crippen LogP contribution in [0.5, 0.6) is 0 Å². The molecule has 0 saturated heterocycles. The molecule has 0 aromatic heterocycles. The minimum absolute atomic E-state index is 0.00870. The Morgan fingerprint density at radius 1 is 1.45 bits per heavy atom. The molecule has 0 bridgehead atoms. The van der Waals surface area contributed by atoms with Gasteiger partial charge in [0.1, 0.15) is 0 Å². The van der Waals surface area contributed by atoms with Crippen LogP contribution in [0.4, 0.5) is 5.69 Å². The highest BCUT2D eigenvalue weighted by Crippen LogP contribution is 2.27. The molecule has 110 valence electrons. The van der Waals surface area contributed by atoms with Gasteiger partial charge in [0.25, 0.3) is 5.69 Å². The fraction of sp³-hybridized carbons (Fsp3) is 0.462. The van der Waals surface area contributed by atoms with Gasteiger partial charge in [-0.15, -0.1) is 0 Å². The Bertz CT molecular complexity index is 492. The van der Waals surface area contributed by atoms with E-state index in [1.165, 1.54) is 6.07 Å². The molecular weight excluding hydrogens is 326 g/mol. The summed E-state index contributed by atoms with van der Waals surface area (Å²) < 4.78 is 0.476. The second-order valence-electron chi connectivity index (χ2n) is 4.66. The lowest BCUT2D eigenvalue weighted by Crippen LogP contribution is -2.32. The Hall–Kier alpha value is -1.47. The summed E-state index contributed by atoms with van der Waals surface area (Å²) in [6.07, 6.45) is 0.380. The van der Waals surface area contributed by atoms with Crippen LogP contribution in [0.1, 0.15) is 25.8 Å². The number of benzene rings is 1. The van der Waals surface area contributed by atoms with Crippen LogP contribution in [0.2, 0.25) is 0 Å². The van der Waals surface area contributed by atoms with E-state index in [2.05, 4.69) is 26.6 Å². The normalized spacial score (nSPS) is 10.6. The Morgan fingerprint density at radius 3 is 2.75 bits per heavy atom. The Labute approximate surface area is 126 Å². The number of rotatable bonds is 7. The molecule has 0 atom stereocenters. The summed E-state index contributed by atoms with van der Waals surface area (Å²) in [6, 6.07) is 5.03. The van der Waals surface area contributed by atoms with Crippen LogP contribution >= 0.6 is 15.9 Å². The largest absolute Gasteiger partial charge is 0.354 e. The van der Waals surface area contributed by atoms with Crippen molar-refractivity contribution in [3.63, 3.8) is 0 Å². The van der Waals surface area contributed by atoms with Crippen LogP contribution in [-0.2, 0) is 11.3 Å². The van der Waals surface area contributed by atoms with E-state index >= 15 is 0 Å². The molecule has 1 amide bonds. The molecule has 0 spiro atoms. The van der Waals surface area contributed by atoms with Crippen molar-refractivity contribution in [2.24, 2.45) is 0 Å². The fourth-order valence-corrected chi connectivity index (χ4v) is 2.21. The maximum absolute atomic E-state index is 11.4. The van der Waals surface area contributed by atoms with E-state index in [-0.39, 0.29) is 17.6 Å². The SMILES string of the molecule is CC(C)NC(=O)CCNCc1cccc([N+](=O)[O-])c1Br. The van der Waals surface area contributed by atoms with Crippen LogP contribution in [-0.4, -0.2) is 23.4 Å². The van der Waals surface area contributed by atoms with Gasteiger partial charge in [-0.25, -0.2) is 0 Å². The van der Waals surface area contributed by atoms with Gasteiger partial charge in [-0.1, -0.05) is 12.1 Å². The number of halogens is 1. The van der Waals surface area contributed by atoms with Crippen molar-refractivity contribution in [2.75, 3.05) is 6.54 Å². The first kappa shape index (κ1) is 16.6. The first-order valence-electron chi connectivity index (χ1n) is 6.33. The highest BCUT2D eigenvalue weighted by molar-refractivity contribution is 9.10. The number of nitrogens with one attached hydrogen (secondary N) is 2. The predicted octanol–water partition coefficient (Wildman–Crippen LogP) is 2.36. The molecule has 0 heterocycles. The van der Waals surface area contributed by atoms with Crippen LogP contribution < -0.4 is 10.6 Å². The number of nitrogens with zero attached hydrogens (tertiary/aromatic N) is 1. The second-order valence-corrected chi connectivity index (χ2v) is 5.45. The van der Waals surface area contributed by atoms with Gasteiger partial charge in [0.15, 0.2) is 0 Å². The van der Waals surface area contributed by atoms with Crippen molar-refractivity contribution in [1.82, 2.24) is 10.6 Å². The molecule has 0 saturated carbocycles. The molecule has 0 aliphatic carbocycles. The molecule has 1 aromatic carbocycles. The summed E-state index contributed by atoms with van der Waals surface area (Å²) in [5, 5.41) is 16.7. The molecule has 1 aromatic rings. The molecule has 7 heteroatoms. The first-order valence-corrected chi connectivity index (χ1v) is 7.13. The molecule has 0 fully saturated rings. The Kier molecular flexibility index (Phi) is 6.60. The maximum atomic E-state index is 11.4. The zero-order chi connectivity index (χ0) is 15.1. The summed E-state index contributed by atoms with van der Waals surface area (Å²) in [7, 11) is 0. The van der Waals surface area contributed by atoms with E-state index in [9.17, 15) is 14.9 Å². The molecule has 0 aliphatic heterocycles. The second kappa shape index (κ2) is 7.96. The quantitative estimate of drug-likeness (QED) is 0.452. The summed E-state index contributed by atoms with van der Waals surface area (Å²) >= 11 is 3.23. The minimum Gasteiger partial charge on any atom is -0.354 e. The van der Waals surface area contributed by atoms with Gasteiger partial charge in [-0.2, -0.15) is 0 Å². The van der Waals surface area contributed by atoms with E-state index in [4.69, 9.17) is 0 Å². The first-order chi connectivity index (χ1) is 9.41. The van der Waals surface area contributed by atoms with Gasteiger partial charge < -0.3 is 10.6 Å². The summed E-state index contributed by atoms with van der Waals surface area (Å²) in [5.41, 5.74) is 0.838. The average Bonchev–Trinajstić information content (AvgIpc) is 2.35. The third-order valence-corrected chi connectivity index (χ3v) is 3.46. The molecule has 0 aliphatic rings. The number of nitro benzene ring substituents is 1. The van der Waals surface area contributed by atoms with E-state index in [0.717, 1.165) is 5.56 Å². The topological polar surface area (TPSA) is 84.3 Å². The third kappa shape index (κ3) is 5.26. The van der Waals surface area contributed by atoms with Gasteiger partial charge >= 0.3 is 0 Å². The van der Waals surface area contributed by atoms with Gasteiger partial charge in [0.2, 0.25) is 5.91 Å². The number of hydrogen-bond donors (Lipinski definition) is 2. The predicted molar refractivity (Wildman–Crippen MR) is 80.4 cm³/mol. The van der Waals surface area contributed by atoms with Crippen molar-refractivity contribution in [3.8, 4) is 0 Å². The van der Waals surface area contributed by atoms with Crippen LogP contribution in [0.3, 0.4) is 0 Å². The highest BCUT2D eigenvalue weighted by atomic mass is 79.9. The number of nitro groups is 1. The van der Waals surface area contributed by atoms with Gasteiger partial charge in [-0.3, -0.25) is 14.9 Å². The van der Waals surface area contributed by atoms with Crippen LogP contribution in [0.25, 0.3) is 0 Å². The molecule has 0 unspecified atom stereocenters. The van der Waals surface area contributed by atoms with Gasteiger partial charge in [-0.05, 0) is 35.3 Å². The molecule has 0 radical (unpaired) electrons. The van der Waals surface area contributed by atoms with Crippen LogP contribution in [0, 0.1) is 10.1 Å². The summed E-state index contributed by atoms with van der Waals surface area (Å²) in [5.74, 6) is -0.00870. The number of amides is 1. The van der Waals surface area contributed by atoms with Crippen LogP contribution in [0.15, 0.2) is 22.7 Å². The van der Waals surface area contributed by atoms with E-state index in [0.29, 0.717) is 24.0 Å². The highest BCUT2D eigenvalue weighted by Gasteiger charge is 2.14.